The maximum atomic E-state index is 12.8. The van der Waals surface area contributed by atoms with Gasteiger partial charge in [0.15, 0.2) is 0 Å². The first-order chi connectivity index (χ1) is 12.8. The van der Waals surface area contributed by atoms with Crippen LogP contribution in [0.25, 0.3) is 5.69 Å². The van der Waals surface area contributed by atoms with E-state index in [4.69, 9.17) is 11.6 Å². The van der Waals surface area contributed by atoms with E-state index in [1.165, 1.54) is 4.68 Å². The van der Waals surface area contributed by atoms with Crippen LogP contribution in [-0.2, 0) is 11.0 Å². The molecule has 3 aromatic rings. The number of amides is 1. The fourth-order valence-corrected chi connectivity index (χ4v) is 2.97. The third-order valence-electron chi connectivity index (χ3n) is 3.34. The van der Waals surface area contributed by atoms with Crippen LogP contribution in [-0.4, -0.2) is 31.9 Å². The Kier molecular flexibility index (Phi) is 5.66. The van der Waals surface area contributed by atoms with Crippen LogP contribution in [0.4, 0.5) is 18.9 Å². The van der Waals surface area contributed by atoms with Crippen LogP contribution in [0.2, 0.25) is 5.02 Å². The van der Waals surface area contributed by atoms with Crippen molar-refractivity contribution in [2.45, 2.75) is 11.3 Å². The molecule has 1 N–H and O–H groups in total. The van der Waals surface area contributed by atoms with Crippen molar-refractivity contribution >= 4 is 35.0 Å². The van der Waals surface area contributed by atoms with Gasteiger partial charge >= 0.3 is 6.18 Å². The maximum Gasteiger partial charge on any atom is 0.416 e. The average Bonchev–Trinajstić information content (AvgIpc) is 3.10. The van der Waals surface area contributed by atoms with Gasteiger partial charge in [-0.15, -0.1) is 5.10 Å². The van der Waals surface area contributed by atoms with Crippen LogP contribution >= 0.6 is 23.4 Å². The number of tetrazole rings is 1. The molecule has 2 aromatic carbocycles. The largest absolute Gasteiger partial charge is 0.416 e. The fourth-order valence-electron chi connectivity index (χ4n) is 2.11. The first-order valence-corrected chi connectivity index (χ1v) is 8.84. The highest BCUT2D eigenvalue weighted by Crippen LogP contribution is 2.34. The number of benzene rings is 2. The molecular formula is C16H11ClF3N5OS. The van der Waals surface area contributed by atoms with E-state index in [1.54, 1.807) is 12.1 Å². The number of thioether (sulfide) groups is 1. The zero-order chi connectivity index (χ0) is 19.4. The standard InChI is InChI=1S/C16H11ClF3N5OS/c17-12-7-6-10(16(18,19)20)8-13(12)21-14(26)9-27-15-22-23-24-25(15)11-4-2-1-3-5-11/h1-8H,9H2,(H,21,26). The van der Waals surface area contributed by atoms with E-state index in [-0.39, 0.29) is 16.5 Å². The van der Waals surface area contributed by atoms with E-state index >= 15 is 0 Å². The van der Waals surface area contributed by atoms with E-state index in [0.717, 1.165) is 30.0 Å². The maximum absolute atomic E-state index is 12.8. The molecule has 0 radical (unpaired) electrons. The van der Waals surface area contributed by atoms with Crippen molar-refractivity contribution < 1.29 is 18.0 Å². The molecule has 0 saturated heterocycles. The summed E-state index contributed by atoms with van der Waals surface area (Å²) in [6.07, 6.45) is -4.53. The summed E-state index contributed by atoms with van der Waals surface area (Å²) < 4.78 is 39.8. The first kappa shape index (κ1) is 19.2. The summed E-state index contributed by atoms with van der Waals surface area (Å²) in [5.41, 5.74) is -0.297. The van der Waals surface area contributed by atoms with Crippen molar-refractivity contribution in [2.75, 3.05) is 11.1 Å². The SMILES string of the molecule is O=C(CSc1nnnn1-c1ccccc1)Nc1cc(C(F)(F)F)ccc1Cl. The minimum Gasteiger partial charge on any atom is -0.324 e. The van der Waals surface area contributed by atoms with Gasteiger partial charge in [0.1, 0.15) is 0 Å². The zero-order valence-corrected chi connectivity index (χ0v) is 15.0. The molecule has 0 aliphatic heterocycles. The minimum atomic E-state index is -4.53. The number of nitrogens with zero attached hydrogens (tertiary/aromatic N) is 4. The van der Waals surface area contributed by atoms with E-state index in [9.17, 15) is 18.0 Å². The van der Waals surface area contributed by atoms with E-state index in [0.29, 0.717) is 10.8 Å². The molecule has 0 atom stereocenters. The van der Waals surface area contributed by atoms with Crippen LogP contribution in [0.3, 0.4) is 0 Å². The smallest absolute Gasteiger partial charge is 0.324 e. The number of hydrogen-bond donors (Lipinski definition) is 1. The van der Waals surface area contributed by atoms with Gasteiger partial charge in [0.05, 0.1) is 27.7 Å². The van der Waals surface area contributed by atoms with E-state index in [1.807, 2.05) is 18.2 Å². The van der Waals surface area contributed by atoms with Crippen LogP contribution in [0.5, 0.6) is 0 Å². The summed E-state index contributed by atoms with van der Waals surface area (Å²) >= 11 is 6.91. The van der Waals surface area contributed by atoms with Gasteiger partial charge < -0.3 is 5.32 Å². The molecule has 0 aliphatic carbocycles. The van der Waals surface area contributed by atoms with Gasteiger partial charge in [-0.25, -0.2) is 0 Å². The number of hydrogen-bond acceptors (Lipinski definition) is 5. The number of rotatable bonds is 5. The minimum absolute atomic E-state index is 0.00969. The lowest BCUT2D eigenvalue weighted by Gasteiger charge is -2.11. The average molecular weight is 414 g/mol. The predicted molar refractivity (Wildman–Crippen MR) is 95.0 cm³/mol. The molecule has 6 nitrogen and oxygen atoms in total. The van der Waals surface area contributed by atoms with Crippen LogP contribution in [0.1, 0.15) is 5.56 Å². The molecule has 1 amide bonds. The Morgan fingerprint density at radius 2 is 1.93 bits per heavy atom. The topological polar surface area (TPSA) is 72.7 Å². The molecule has 0 saturated carbocycles. The van der Waals surface area contributed by atoms with Gasteiger partial charge in [-0.1, -0.05) is 41.6 Å². The Bertz CT molecular complexity index is 949. The number of halogens is 4. The molecule has 0 fully saturated rings. The quantitative estimate of drug-likeness (QED) is 0.638. The highest BCUT2D eigenvalue weighted by molar-refractivity contribution is 7.99. The predicted octanol–water partition coefficient (Wildman–Crippen LogP) is 4.07. The van der Waals surface area contributed by atoms with E-state index < -0.39 is 17.6 Å². The number of aromatic nitrogens is 4. The number of carbonyl (C=O) groups excluding carboxylic acids is 1. The monoisotopic (exact) mass is 413 g/mol. The molecule has 0 aliphatic rings. The normalized spacial score (nSPS) is 11.4. The summed E-state index contributed by atoms with van der Waals surface area (Å²) in [7, 11) is 0. The summed E-state index contributed by atoms with van der Waals surface area (Å²) in [6, 6.07) is 11.8. The first-order valence-electron chi connectivity index (χ1n) is 7.48. The lowest BCUT2D eigenvalue weighted by Crippen LogP contribution is -2.16. The summed E-state index contributed by atoms with van der Waals surface area (Å²) in [5.74, 6) is -0.649. The Hall–Kier alpha value is -2.59. The summed E-state index contributed by atoms with van der Waals surface area (Å²) in [4.78, 5) is 12.1. The molecule has 0 bridgehead atoms. The number of anilines is 1. The van der Waals surface area contributed by atoms with Gasteiger partial charge in [0, 0.05) is 0 Å². The highest BCUT2D eigenvalue weighted by atomic mass is 35.5. The Morgan fingerprint density at radius 1 is 1.19 bits per heavy atom. The Balaban J connectivity index is 1.67. The van der Waals surface area contributed by atoms with Gasteiger partial charge in [-0.2, -0.15) is 17.9 Å². The zero-order valence-electron chi connectivity index (χ0n) is 13.4. The second-order valence-electron chi connectivity index (χ2n) is 5.24. The molecule has 27 heavy (non-hydrogen) atoms. The summed E-state index contributed by atoms with van der Waals surface area (Å²) in [5, 5.41) is 14.0. The van der Waals surface area contributed by atoms with Crippen molar-refractivity contribution in [3.8, 4) is 5.69 Å². The number of para-hydroxylation sites is 1. The molecule has 3 rings (SSSR count). The third-order valence-corrected chi connectivity index (χ3v) is 4.59. The summed E-state index contributed by atoms with van der Waals surface area (Å²) in [6.45, 7) is 0. The second-order valence-corrected chi connectivity index (χ2v) is 6.59. The molecule has 0 spiro atoms. The molecule has 1 aromatic heterocycles. The van der Waals surface area contributed by atoms with Crippen molar-refractivity contribution in [1.29, 1.82) is 0 Å². The molecule has 0 unspecified atom stereocenters. The highest BCUT2D eigenvalue weighted by Gasteiger charge is 2.31. The van der Waals surface area contributed by atoms with Gasteiger partial charge in [0.25, 0.3) is 0 Å². The fraction of sp³-hybridized carbons (Fsp3) is 0.125. The number of alkyl halides is 3. The Labute approximate surface area is 160 Å². The van der Waals surface area contributed by atoms with Crippen LogP contribution in [0.15, 0.2) is 53.7 Å². The third kappa shape index (κ3) is 4.77. The van der Waals surface area contributed by atoms with Gasteiger partial charge in [-0.3, -0.25) is 4.79 Å². The van der Waals surface area contributed by atoms with Crippen molar-refractivity contribution in [3.63, 3.8) is 0 Å². The molecule has 1 heterocycles. The molecular weight excluding hydrogens is 403 g/mol. The van der Waals surface area contributed by atoms with Crippen molar-refractivity contribution in [1.82, 2.24) is 20.2 Å². The number of carbonyl (C=O) groups is 1. The van der Waals surface area contributed by atoms with Crippen molar-refractivity contribution in [2.24, 2.45) is 0 Å². The van der Waals surface area contributed by atoms with Crippen LogP contribution in [0, 0.1) is 0 Å². The molecule has 140 valence electrons. The van der Waals surface area contributed by atoms with Gasteiger partial charge in [0.2, 0.25) is 11.1 Å². The number of nitrogens with one attached hydrogen (secondary N) is 1. The lowest BCUT2D eigenvalue weighted by atomic mass is 10.2. The van der Waals surface area contributed by atoms with Crippen molar-refractivity contribution in [3.05, 3.63) is 59.1 Å². The van der Waals surface area contributed by atoms with E-state index in [2.05, 4.69) is 20.8 Å². The Morgan fingerprint density at radius 3 is 2.63 bits per heavy atom. The lowest BCUT2D eigenvalue weighted by molar-refractivity contribution is -0.137. The molecule has 11 heteroatoms. The van der Waals surface area contributed by atoms with Gasteiger partial charge in [-0.05, 0) is 40.8 Å². The van der Waals surface area contributed by atoms with Crippen LogP contribution < -0.4 is 5.32 Å². The second kappa shape index (κ2) is 7.97.